The number of rotatable bonds is 2. The van der Waals surface area contributed by atoms with E-state index in [9.17, 15) is 10.2 Å². The molecule has 1 saturated heterocycles. The molecule has 1 aliphatic heterocycles. The third-order valence-corrected chi connectivity index (χ3v) is 3.75. The Balaban J connectivity index is 1.91. The summed E-state index contributed by atoms with van der Waals surface area (Å²) in [4.78, 5) is 4.41. The number of aromatic hydroxyl groups is 2. The molecular weight excluding hydrogens is 258 g/mol. The number of phenolic OH excluding ortho intramolecular Hbond substituents is 2. The normalized spacial score (nSPS) is 22.9. The summed E-state index contributed by atoms with van der Waals surface area (Å²) in [7, 11) is 0. The van der Waals surface area contributed by atoms with Crippen molar-refractivity contribution in [3.8, 4) is 22.9 Å². The summed E-state index contributed by atoms with van der Waals surface area (Å²) >= 11 is 0. The Morgan fingerprint density at radius 1 is 1.25 bits per heavy atom. The van der Waals surface area contributed by atoms with Crippen LogP contribution in [0.15, 0.2) is 22.7 Å². The van der Waals surface area contributed by atoms with Crippen LogP contribution in [-0.2, 0) is 5.54 Å². The van der Waals surface area contributed by atoms with Crippen molar-refractivity contribution in [2.24, 2.45) is 0 Å². The highest BCUT2D eigenvalue weighted by Gasteiger charge is 2.34. The highest BCUT2D eigenvalue weighted by molar-refractivity contribution is 5.60. The van der Waals surface area contributed by atoms with Crippen molar-refractivity contribution in [2.75, 3.05) is 6.54 Å². The van der Waals surface area contributed by atoms with Gasteiger partial charge in [-0.25, -0.2) is 0 Å². The molecule has 0 saturated carbocycles. The number of hydrogen-bond donors (Lipinski definition) is 3. The van der Waals surface area contributed by atoms with Crippen molar-refractivity contribution >= 4 is 0 Å². The highest BCUT2D eigenvalue weighted by atomic mass is 16.5. The first kappa shape index (κ1) is 12.9. The van der Waals surface area contributed by atoms with Crippen LogP contribution in [0.25, 0.3) is 11.4 Å². The van der Waals surface area contributed by atoms with Gasteiger partial charge in [0.25, 0.3) is 0 Å². The Bertz CT molecular complexity index is 618. The minimum Gasteiger partial charge on any atom is -0.504 e. The van der Waals surface area contributed by atoms with E-state index < -0.39 is 0 Å². The number of phenols is 2. The average Bonchev–Trinajstić information content (AvgIpc) is 2.93. The zero-order chi connectivity index (χ0) is 14.2. The van der Waals surface area contributed by atoms with Crippen LogP contribution in [-0.4, -0.2) is 26.9 Å². The predicted octanol–water partition coefficient (Wildman–Crippen LogP) is 2.14. The van der Waals surface area contributed by atoms with E-state index in [0.717, 1.165) is 25.8 Å². The number of nitrogens with zero attached hydrogens (tertiary/aromatic N) is 2. The second kappa shape index (κ2) is 4.79. The van der Waals surface area contributed by atoms with Crippen LogP contribution in [0.3, 0.4) is 0 Å². The largest absolute Gasteiger partial charge is 0.504 e. The lowest BCUT2D eigenvalue weighted by atomic mass is 9.91. The summed E-state index contributed by atoms with van der Waals surface area (Å²) < 4.78 is 5.36. The van der Waals surface area contributed by atoms with Crippen molar-refractivity contribution in [1.29, 1.82) is 0 Å². The molecule has 0 bridgehead atoms. The second-order valence-corrected chi connectivity index (χ2v) is 5.34. The molecule has 1 fully saturated rings. The summed E-state index contributed by atoms with van der Waals surface area (Å²) in [6.07, 6.45) is 3.24. The van der Waals surface area contributed by atoms with E-state index in [1.54, 1.807) is 6.07 Å². The maximum atomic E-state index is 9.52. The number of benzene rings is 1. The molecule has 2 heterocycles. The van der Waals surface area contributed by atoms with Gasteiger partial charge >= 0.3 is 0 Å². The van der Waals surface area contributed by atoms with Gasteiger partial charge in [0.05, 0.1) is 5.54 Å². The minimum atomic E-state index is -0.289. The first-order valence-electron chi connectivity index (χ1n) is 6.70. The Morgan fingerprint density at radius 3 is 2.80 bits per heavy atom. The van der Waals surface area contributed by atoms with Gasteiger partial charge in [0.2, 0.25) is 11.7 Å². The smallest absolute Gasteiger partial charge is 0.246 e. The van der Waals surface area contributed by atoms with Gasteiger partial charge in [-0.2, -0.15) is 4.98 Å². The quantitative estimate of drug-likeness (QED) is 0.727. The van der Waals surface area contributed by atoms with Crippen LogP contribution in [0, 0.1) is 0 Å². The molecule has 6 heteroatoms. The minimum absolute atomic E-state index is 0.168. The fraction of sp³-hybridized carbons (Fsp3) is 0.429. The number of nitrogens with one attached hydrogen (secondary N) is 1. The summed E-state index contributed by atoms with van der Waals surface area (Å²) in [6, 6.07) is 4.46. The molecule has 1 atom stereocenters. The van der Waals surface area contributed by atoms with Crippen LogP contribution < -0.4 is 5.32 Å². The molecule has 1 aromatic heterocycles. The summed E-state index contributed by atoms with van der Waals surface area (Å²) in [5.74, 6) is 0.595. The monoisotopic (exact) mass is 275 g/mol. The molecule has 20 heavy (non-hydrogen) atoms. The highest BCUT2D eigenvalue weighted by Crippen LogP contribution is 2.32. The van der Waals surface area contributed by atoms with Gasteiger partial charge in [-0.3, -0.25) is 0 Å². The van der Waals surface area contributed by atoms with Gasteiger partial charge in [-0.15, -0.1) is 0 Å². The second-order valence-electron chi connectivity index (χ2n) is 5.34. The lowest BCUT2D eigenvalue weighted by molar-refractivity contribution is 0.207. The van der Waals surface area contributed by atoms with E-state index >= 15 is 0 Å². The summed E-state index contributed by atoms with van der Waals surface area (Å²) in [5, 5.41) is 26.2. The van der Waals surface area contributed by atoms with E-state index in [4.69, 9.17) is 4.52 Å². The van der Waals surface area contributed by atoms with Crippen molar-refractivity contribution in [3.05, 3.63) is 24.1 Å². The van der Waals surface area contributed by atoms with Crippen LogP contribution in [0.4, 0.5) is 0 Å². The zero-order valence-corrected chi connectivity index (χ0v) is 11.3. The third kappa shape index (κ3) is 2.22. The maximum absolute atomic E-state index is 9.52. The fourth-order valence-electron chi connectivity index (χ4n) is 2.47. The molecule has 3 N–H and O–H groups in total. The van der Waals surface area contributed by atoms with Crippen LogP contribution >= 0.6 is 0 Å². The van der Waals surface area contributed by atoms with Crippen molar-refractivity contribution in [2.45, 2.75) is 31.7 Å². The van der Waals surface area contributed by atoms with Gasteiger partial charge in [-0.05, 0) is 50.9 Å². The van der Waals surface area contributed by atoms with Gasteiger partial charge in [0.15, 0.2) is 11.5 Å². The van der Waals surface area contributed by atoms with Gasteiger partial charge in [-0.1, -0.05) is 5.16 Å². The number of piperidine rings is 1. The van der Waals surface area contributed by atoms with E-state index in [1.807, 2.05) is 0 Å². The molecule has 0 radical (unpaired) electrons. The maximum Gasteiger partial charge on any atom is 0.246 e. The molecule has 6 nitrogen and oxygen atoms in total. The van der Waals surface area contributed by atoms with Crippen LogP contribution in [0.5, 0.6) is 11.5 Å². The van der Waals surface area contributed by atoms with Crippen molar-refractivity contribution < 1.29 is 14.7 Å². The van der Waals surface area contributed by atoms with Crippen molar-refractivity contribution in [3.63, 3.8) is 0 Å². The molecule has 2 aromatic rings. The SMILES string of the molecule is CC1(c2nc(-c3ccc(O)c(O)c3)no2)CCCCN1. The Kier molecular flexibility index (Phi) is 3.10. The topological polar surface area (TPSA) is 91.4 Å². The molecule has 0 amide bonds. The van der Waals surface area contributed by atoms with E-state index in [2.05, 4.69) is 22.4 Å². The average molecular weight is 275 g/mol. The lowest BCUT2D eigenvalue weighted by Gasteiger charge is -2.31. The molecule has 0 aliphatic carbocycles. The van der Waals surface area contributed by atoms with E-state index in [1.165, 1.54) is 12.1 Å². The van der Waals surface area contributed by atoms with Gasteiger partial charge in [0.1, 0.15) is 0 Å². The van der Waals surface area contributed by atoms with E-state index in [-0.39, 0.29) is 17.0 Å². The standard InChI is InChI=1S/C14H17N3O3/c1-14(6-2-3-7-15-14)13-16-12(17-20-13)9-4-5-10(18)11(19)8-9/h4-5,8,15,18-19H,2-3,6-7H2,1H3. The third-order valence-electron chi connectivity index (χ3n) is 3.75. The molecule has 1 aliphatic rings. The first-order chi connectivity index (χ1) is 9.58. The number of aromatic nitrogens is 2. The first-order valence-corrected chi connectivity index (χ1v) is 6.70. The molecule has 1 aromatic carbocycles. The van der Waals surface area contributed by atoms with Crippen molar-refractivity contribution in [1.82, 2.24) is 15.5 Å². The van der Waals surface area contributed by atoms with Crippen LogP contribution in [0.2, 0.25) is 0 Å². The Morgan fingerprint density at radius 2 is 2.10 bits per heavy atom. The van der Waals surface area contributed by atoms with Crippen LogP contribution in [0.1, 0.15) is 32.1 Å². The Hall–Kier alpha value is -2.08. The Labute approximate surface area is 116 Å². The summed E-state index contributed by atoms with van der Waals surface area (Å²) in [5.41, 5.74) is 0.317. The molecule has 3 rings (SSSR count). The molecule has 1 unspecified atom stereocenters. The molecular formula is C14H17N3O3. The van der Waals surface area contributed by atoms with Gasteiger partial charge < -0.3 is 20.1 Å². The van der Waals surface area contributed by atoms with E-state index in [0.29, 0.717) is 17.3 Å². The molecule has 106 valence electrons. The zero-order valence-electron chi connectivity index (χ0n) is 11.3. The number of hydrogen-bond acceptors (Lipinski definition) is 6. The predicted molar refractivity (Wildman–Crippen MR) is 72.3 cm³/mol. The molecule has 0 spiro atoms. The van der Waals surface area contributed by atoms with Gasteiger partial charge in [0, 0.05) is 5.56 Å². The lowest BCUT2D eigenvalue weighted by Crippen LogP contribution is -2.43. The summed E-state index contributed by atoms with van der Waals surface area (Å²) in [6.45, 7) is 2.99. The fourth-order valence-corrected chi connectivity index (χ4v) is 2.47.